The predicted molar refractivity (Wildman–Crippen MR) is 118 cm³/mol. The molecule has 11 heteroatoms. The van der Waals surface area contributed by atoms with Crippen LogP contribution < -0.4 is 5.32 Å². The van der Waals surface area contributed by atoms with Gasteiger partial charge in [0.1, 0.15) is 6.04 Å². The summed E-state index contributed by atoms with van der Waals surface area (Å²) in [5.74, 6) is -4.96. The van der Waals surface area contributed by atoms with Crippen LogP contribution in [0.25, 0.3) is 0 Å². The predicted octanol–water partition coefficient (Wildman–Crippen LogP) is 3.46. The Labute approximate surface area is 195 Å². The Balaban J connectivity index is 1.97. The molecule has 0 unspecified atom stereocenters. The largest absolute Gasteiger partial charge is 0.481 e. The third kappa shape index (κ3) is 6.49. The molecule has 2 aromatic rings. The van der Waals surface area contributed by atoms with E-state index in [1.165, 1.54) is 24.3 Å². The van der Waals surface area contributed by atoms with E-state index in [0.29, 0.717) is 17.0 Å². The van der Waals surface area contributed by atoms with Crippen LogP contribution in [0.1, 0.15) is 30.4 Å². The highest BCUT2D eigenvalue weighted by atomic mass is 35.5. The number of aryl methyl sites for hydroxylation is 1. The lowest BCUT2D eigenvalue weighted by atomic mass is 10.1. The van der Waals surface area contributed by atoms with Crippen LogP contribution in [0.4, 0.5) is 8.78 Å². The smallest absolute Gasteiger partial charge is 0.303 e. The molecule has 7 nitrogen and oxygen atoms in total. The lowest BCUT2D eigenvalue weighted by Gasteiger charge is -2.30. The molecular weight excluding hydrogens is 478 g/mol. The van der Waals surface area contributed by atoms with Crippen molar-refractivity contribution in [3.8, 4) is 0 Å². The Kier molecular flexibility index (Phi) is 7.71. The molecule has 0 aromatic heterocycles. The van der Waals surface area contributed by atoms with E-state index in [1.807, 2.05) is 0 Å². The molecule has 1 atom stereocenters. The van der Waals surface area contributed by atoms with Gasteiger partial charge in [0.05, 0.1) is 4.90 Å². The van der Waals surface area contributed by atoms with Crippen molar-refractivity contribution in [2.75, 3.05) is 6.54 Å². The SMILES string of the molecule is O=C(O)CCc1ccc(CN([C@@H]2CC(F)(F)CCNC2=O)S(=O)(=O)c2ccc(Cl)cc2)cc1. The maximum Gasteiger partial charge on any atom is 0.303 e. The summed E-state index contributed by atoms with van der Waals surface area (Å²) in [6, 6.07) is 10.1. The third-order valence-electron chi connectivity index (χ3n) is 5.34. The molecule has 0 aliphatic carbocycles. The fourth-order valence-corrected chi connectivity index (χ4v) is 5.24. The minimum Gasteiger partial charge on any atom is -0.481 e. The molecule has 0 saturated carbocycles. The van der Waals surface area contributed by atoms with Crippen molar-refractivity contribution in [3.05, 3.63) is 64.7 Å². The van der Waals surface area contributed by atoms with Gasteiger partial charge < -0.3 is 10.4 Å². The lowest BCUT2D eigenvalue weighted by Crippen LogP contribution is -2.49. The Morgan fingerprint density at radius 2 is 1.73 bits per heavy atom. The molecule has 1 saturated heterocycles. The minimum atomic E-state index is -4.34. The number of aliphatic carboxylic acids is 1. The van der Waals surface area contributed by atoms with Crippen LogP contribution in [0.15, 0.2) is 53.4 Å². The summed E-state index contributed by atoms with van der Waals surface area (Å²) < 4.78 is 56.4. The zero-order valence-electron chi connectivity index (χ0n) is 17.5. The fourth-order valence-electron chi connectivity index (χ4n) is 3.54. The first-order valence-corrected chi connectivity index (χ1v) is 12.0. The topological polar surface area (TPSA) is 104 Å². The zero-order chi connectivity index (χ0) is 24.2. The molecule has 2 aromatic carbocycles. The minimum absolute atomic E-state index is 0.0618. The van der Waals surface area contributed by atoms with E-state index < -0.39 is 46.7 Å². The standard InChI is InChI=1S/C22H23ClF2N2O5S/c23-17-6-8-18(9-7-17)33(31,32)27(19-13-22(24,25)11-12-26-21(19)30)14-16-3-1-15(2-4-16)5-10-20(28)29/h1-4,6-9,19H,5,10-14H2,(H,26,30)(H,28,29)/t19-/m1/s1. The van der Waals surface area contributed by atoms with E-state index in [9.17, 15) is 26.8 Å². The first kappa shape index (κ1) is 25.1. The summed E-state index contributed by atoms with van der Waals surface area (Å²) in [6.45, 7) is -0.576. The Bertz CT molecular complexity index is 1110. The van der Waals surface area contributed by atoms with E-state index in [1.54, 1.807) is 24.3 Å². The van der Waals surface area contributed by atoms with E-state index in [4.69, 9.17) is 16.7 Å². The molecule has 1 aliphatic heterocycles. The lowest BCUT2D eigenvalue weighted by molar-refractivity contribution is -0.137. The monoisotopic (exact) mass is 500 g/mol. The van der Waals surface area contributed by atoms with Crippen LogP contribution in [-0.4, -0.2) is 48.2 Å². The number of alkyl halides is 2. The number of nitrogens with zero attached hydrogens (tertiary/aromatic N) is 1. The molecule has 1 amide bonds. The van der Waals surface area contributed by atoms with Gasteiger partial charge in [-0.3, -0.25) is 9.59 Å². The third-order valence-corrected chi connectivity index (χ3v) is 7.46. The number of hydrogen-bond donors (Lipinski definition) is 2. The highest BCUT2D eigenvalue weighted by molar-refractivity contribution is 7.89. The number of amides is 1. The van der Waals surface area contributed by atoms with Crippen molar-refractivity contribution < 1.29 is 31.9 Å². The fraction of sp³-hybridized carbons (Fsp3) is 0.364. The maximum atomic E-state index is 14.4. The van der Waals surface area contributed by atoms with Crippen LogP contribution in [0.2, 0.25) is 5.02 Å². The Hall–Kier alpha value is -2.56. The number of benzene rings is 2. The highest BCUT2D eigenvalue weighted by Gasteiger charge is 2.45. The van der Waals surface area contributed by atoms with Gasteiger partial charge in [0.25, 0.3) is 5.92 Å². The molecule has 1 heterocycles. The maximum absolute atomic E-state index is 14.4. The molecule has 178 valence electrons. The second-order valence-corrected chi connectivity index (χ2v) is 10.2. The normalized spacial score (nSPS) is 18.5. The second-order valence-electron chi connectivity index (χ2n) is 7.83. The summed E-state index contributed by atoms with van der Waals surface area (Å²) in [4.78, 5) is 23.2. The van der Waals surface area contributed by atoms with Gasteiger partial charge in [0.2, 0.25) is 15.9 Å². The van der Waals surface area contributed by atoms with E-state index >= 15 is 0 Å². The van der Waals surface area contributed by atoms with Gasteiger partial charge in [-0.2, -0.15) is 4.31 Å². The van der Waals surface area contributed by atoms with Crippen molar-refractivity contribution in [3.63, 3.8) is 0 Å². The van der Waals surface area contributed by atoms with Crippen molar-refractivity contribution >= 4 is 33.5 Å². The molecule has 3 rings (SSSR count). The number of rotatable bonds is 8. The number of carboxylic acid groups (broad SMARTS) is 1. The van der Waals surface area contributed by atoms with Crippen LogP contribution in [0, 0.1) is 0 Å². The summed E-state index contributed by atoms with van der Waals surface area (Å²) in [5, 5.41) is 11.5. The van der Waals surface area contributed by atoms with Gasteiger partial charge in [-0.05, 0) is 41.8 Å². The van der Waals surface area contributed by atoms with Crippen molar-refractivity contribution in [2.24, 2.45) is 0 Å². The van der Waals surface area contributed by atoms with E-state index in [2.05, 4.69) is 5.32 Å². The summed E-state index contributed by atoms with van der Waals surface area (Å²) in [5.41, 5.74) is 1.19. The molecule has 1 fully saturated rings. The number of hydrogen-bond acceptors (Lipinski definition) is 4. The van der Waals surface area contributed by atoms with Gasteiger partial charge >= 0.3 is 5.97 Å². The summed E-state index contributed by atoms with van der Waals surface area (Å²) in [6.07, 6.45) is -1.29. The molecule has 0 radical (unpaired) electrons. The Morgan fingerprint density at radius 1 is 1.12 bits per heavy atom. The molecular formula is C22H23ClF2N2O5S. The van der Waals surface area contributed by atoms with Crippen LogP contribution in [0.5, 0.6) is 0 Å². The number of halogens is 3. The van der Waals surface area contributed by atoms with Gasteiger partial charge in [-0.15, -0.1) is 0 Å². The van der Waals surface area contributed by atoms with Crippen LogP contribution in [0.3, 0.4) is 0 Å². The number of nitrogens with one attached hydrogen (secondary N) is 1. The van der Waals surface area contributed by atoms with Crippen molar-refractivity contribution in [1.82, 2.24) is 9.62 Å². The average Bonchev–Trinajstić information content (AvgIpc) is 2.88. The van der Waals surface area contributed by atoms with E-state index in [-0.39, 0.29) is 24.4 Å². The van der Waals surface area contributed by atoms with Crippen LogP contribution in [-0.2, 0) is 32.6 Å². The number of carboxylic acids is 1. The first-order chi connectivity index (χ1) is 15.5. The van der Waals surface area contributed by atoms with E-state index in [0.717, 1.165) is 9.87 Å². The molecule has 0 spiro atoms. The zero-order valence-corrected chi connectivity index (χ0v) is 19.1. The van der Waals surface area contributed by atoms with Crippen molar-refractivity contribution in [2.45, 2.75) is 49.1 Å². The molecule has 0 bridgehead atoms. The summed E-state index contributed by atoms with van der Waals surface area (Å²) in [7, 11) is -4.34. The molecule has 1 aliphatic rings. The number of sulfonamides is 1. The van der Waals surface area contributed by atoms with Crippen LogP contribution >= 0.6 is 11.6 Å². The van der Waals surface area contributed by atoms with Crippen molar-refractivity contribution in [1.29, 1.82) is 0 Å². The van der Waals surface area contributed by atoms with Gasteiger partial charge in [0, 0.05) is 37.4 Å². The average molecular weight is 501 g/mol. The Morgan fingerprint density at radius 3 is 2.33 bits per heavy atom. The number of carbonyl (C=O) groups excluding carboxylic acids is 1. The first-order valence-electron chi connectivity index (χ1n) is 10.2. The molecule has 33 heavy (non-hydrogen) atoms. The summed E-state index contributed by atoms with van der Waals surface area (Å²) >= 11 is 5.85. The van der Waals surface area contributed by atoms with Gasteiger partial charge in [-0.1, -0.05) is 35.9 Å². The van der Waals surface area contributed by atoms with Gasteiger partial charge in [-0.25, -0.2) is 17.2 Å². The quantitative estimate of drug-likeness (QED) is 0.577. The molecule has 2 N–H and O–H groups in total. The second kappa shape index (κ2) is 10.1. The van der Waals surface area contributed by atoms with Gasteiger partial charge in [0.15, 0.2) is 0 Å². The number of carbonyl (C=O) groups is 2. The highest BCUT2D eigenvalue weighted by Crippen LogP contribution is 2.32.